The fraction of sp³-hybridized carbons (Fsp3) is 0.850. The lowest BCUT2D eigenvalue weighted by Crippen LogP contribution is -2.44. The van der Waals surface area contributed by atoms with E-state index in [1.54, 1.807) is 26.8 Å². The fourth-order valence-corrected chi connectivity index (χ4v) is 4.75. The molecule has 0 aliphatic carbocycles. The van der Waals surface area contributed by atoms with Crippen LogP contribution in [0.25, 0.3) is 0 Å². The summed E-state index contributed by atoms with van der Waals surface area (Å²) in [7, 11) is 0. The Labute approximate surface area is 151 Å². The second-order valence-electron chi connectivity index (χ2n) is 9.14. The Morgan fingerprint density at radius 3 is 2.60 bits per heavy atom. The third-order valence-corrected chi connectivity index (χ3v) is 6.75. The van der Waals surface area contributed by atoms with Crippen molar-refractivity contribution >= 4 is 5.78 Å². The van der Waals surface area contributed by atoms with Gasteiger partial charge >= 0.3 is 0 Å². The van der Waals surface area contributed by atoms with E-state index in [1.165, 1.54) is 0 Å². The summed E-state index contributed by atoms with van der Waals surface area (Å²) in [5, 5.41) is 19.2. The quantitative estimate of drug-likeness (QED) is 0.373. The van der Waals surface area contributed by atoms with E-state index in [9.17, 15) is 9.90 Å². The van der Waals surface area contributed by atoms with Gasteiger partial charge in [-0.2, -0.15) is 0 Å². The Hall–Kier alpha value is -0.750. The van der Waals surface area contributed by atoms with Crippen molar-refractivity contribution in [3.05, 3.63) is 12.7 Å². The van der Waals surface area contributed by atoms with Gasteiger partial charge in [-0.1, -0.05) is 13.0 Å². The van der Waals surface area contributed by atoms with Crippen LogP contribution in [0.1, 0.15) is 73.1 Å². The molecule has 2 fully saturated rings. The van der Waals surface area contributed by atoms with Crippen molar-refractivity contribution in [2.45, 2.75) is 96.1 Å². The number of aliphatic hydroxyl groups is 1. The van der Waals surface area contributed by atoms with E-state index in [4.69, 9.17) is 9.99 Å². The van der Waals surface area contributed by atoms with Crippen LogP contribution in [-0.4, -0.2) is 39.1 Å². The van der Waals surface area contributed by atoms with Crippen LogP contribution in [0.3, 0.4) is 0 Å². The van der Waals surface area contributed by atoms with E-state index in [1.807, 2.05) is 0 Å². The van der Waals surface area contributed by atoms with Gasteiger partial charge in [0.25, 0.3) is 0 Å². The van der Waals surface area contributed by atoms with Crippen LogP contribution in [0.5, 0.6) is 0 Å². The van der Waals surface area contributed by atoms with Crippen LogP contribution in [0.4, 0.5) is 0 Å². The largest absolute Gasteiger partial charge is 0.386 e. The van der Waals surface area contributed by atoms with Gasteiger partial charge in [-0.3, -0.25) is 10.1 Å². The number of carbonyl (C=O) groups excluding carboxylic acids is 1. The molecule has 0 radical (unpaired) electrons. The predicted octanol–water partition coefficient (Wildman–Crippen LogP) is 3.89. The fourth-order valence-electron chi connectivity index (χ4n) is 4.75. The van der Waals surface area contributed by atoms with E-state index < -0.39 is 11.2 Å². The maximum atomic E-state index is 12.4. The van der Waals surface area contributed by atoms with Gasteiger partial charge in [-0.05, 0) is 71.1 Å². The van der Waals surface area contributed by atoms with E-state index in [-0.39, 0.29) is 28.8 Å². The summed E-state index contributed by atoms with van der Waals surface area (Å²) in [5.41, 5.74) is -2.38. The van der Waals surface area contributed by atoms with Crippen molar-refractivity contribution in [3.8, 4) is 0 Å². The van der Waals surface area contributed by atoms with Crippen molar-refractivity contribution in [3.63, 3.8) is 0 Å². The van der Waals surface area contributed by atoms with Gasteiger partial charge in [0.15, 0.2) is 11.4 Å². The molecule has 2 aliphatic heterocycles. The highest BCUT2D eigenvalue weighted by molar-refractivity contribution is 5.86. The van der Waals surface area contributed by atoms with Gasteiger partial charge in [0, 0.05) is 6.42 Å². The number of ketones is 1. The molecule has 2 N–H and O–H groups in total. The molecular formula is C20H34O5. The molecule has 0 aromatic carbocycles. The lowest BCUT2D eigenvalue weighted by molar-refractivity contribution is -0.301. The molecule has 0 amide bonds. The monoisotopic (exact) mass is 354 g/mol. The Kier molecular flexibility index (Phi) is 5.56. The molecule has 4 unspecified atom stereocenters. The van der Waals surface area contributed by atoms with Crippen LogP contribution in [-0.2, 0) is 14.4 Å². The van der Waals surface area contributed by atoms with E-state index in [0.717, 1.165) is 19.3 Å². The summed E-state index contributed by atoms with van der Waals surface area (Å²) >= 11 is 0. The van der Waals surface area contributed by atoms with Gasteiger partial charge < -0.3 is 9.84 Å². The molecule has 0 aromatic heterocycles. The van der Waals surface area contributed by atoms with Crippen LogP contribution in [0.15, 0.2) is 12.7 Å². The van der Waals surface area contributed by atoms with E-state index in [2.05, 4.69) is 25.3 Å². The zero-order valence-corrected chi connectivity index (χ0v) is 16.3. The van der Waals surface area contributed by atoms with Gasteiger partial charge in [0.1, 0.15) is 0 Å². The van der Waals surface area contributed by atoms with Crippen molar-refractivity contribution in [1.29, 1.82) is 0 Å². The second kappa shape index (κ2) is 6.76. The van der Waals surface area contributed by atoms with Crippen LogP contribution < -0.4 is 0 Å². The first-order valence-electron chi connectivity index (χ1n) is 9.30. The summed E-state index contributed by atoms with van der Waals surface area (Å²) < 4.78 is 6.33. The second-order valence-corrected chi connectivity index (χ2v) is 9.14. The zero-order valence-electron chi connectivity index (χ0n) is 16.3. The number of hydrogen-bond acceptors (Lipinski definition) is 5. The van der Waals surface area contributed by atoms with Gasteiger partial charge in [0.05, 0.1) is 17.3 Å². The Balaban J connectivity index is 2.12. The summed E-state index contributed by atoms with van der Waals surface area (Å²) in [6.07, 6.45) is 6.25. The molecule has 5 atom stereocenters. The molecule has 144 valence electrons. The van der Waals surface area contributed by atoms with Gasteiger partial charge in [0.2, 0.25) is 0 Å². The maximum absolute atomic E-state index is 12.4. The van der Waals surface area contributed by atoms with Crippen molar-refractivity contribution in [2.75, 3.05) is 0 Å². The van der Waals surface area contributed by atoms with Crippen molar-refractivity contribution < 1.29 is 24.8 Å². The molecule has 0 aromatic rings. The van der Waals surface area contributed by atoms with E-state index >= 15 is 0 Å². The molecule has 2 saturated heterocycles. The minimum atomic E-state index is -1.18. The molecule has 2 bridgehead atoms. The Bertz CT molecular complexity index is 526. The topological polar surface area (TPSA) is 76.0 Å². The highest BCUT2D eigenvalue weighted by atomic mass is 17.1. The van der Waals surface area contributed by atoms with Crippen molar-refractivity contribution in [1.82, 2.24) is 0 Å². The number of carbonyl (C=O) groups is 1. The molecule has 25 heavy (non-hydrogen) atoms. The number of ether oxygens (including phenoxy) is 1. The lowest BCUT2D eigenvalue weighted by atomic mass is 9.59. The SMILES string of the molecule is C=C[C@@](C)(O)CCC1C2(C)CCC(O2)C1(C)CCC(=O)C(C)(C)OO. The lowest BCUT2D eigenvalue weighted by Gasteiger charge is -2.43. The average Bonchev–Trinajstić information content (AvgIpc) is 3.04. The highest BCUT2D eigenvalue weighted by Gasteiger charge is 2.62. The molecule has 2 heterocycles. The first kappa shape index (κ1) is 20.6. The third-order valence-electron chi connectivity index (χ3n) is 6.75. The van der Waals surface area contributed by atoms with Crippen LogP contribution in [0.2, 0.25) is 0 Å². The normalized spacial score (nSPS) is 37.1. The number of hydrogen-bond donors (Lipinski definition) is 2. The molecule has 2 rings (SSSR count). The Morgan fingerprint density at radius 1 is 1.40 bits per heavy atom. The molecule has 2 aliphatic rings. The first-order valence-corrected chi connectivity index (χ1v) is 9.30. The minimum absolute atomic E-state index is 0.110. The number of fused-ring (bicyclic) bond motifs is 2. The maximum Gasteiger partial charge on any atom is 0.167 e. The minimum Gasteiger partial charge on any atom is -0.386 e. The zero-order chi connectivity index (χ0) is 19.1. The Morgan fingerprint density at radius 2 is 2.04 bits per heavy atom. The van der Waals surface area contributed by atoms with Crippen molar-refractivity contribution in [2.24, 2.45) is 11.3 Å². The predicted molar refractivity (Wildman–Crippen MR) is 96.2 cm³/mol. The highest BCUT2D eigenvalue weighted by Crippen LogP contribution is 2.61. The molecular weight excluding hydrogens is 320 g/mol. The molecule has 0 saturated carbocycles. The number of rotatable bonds is 9. The van der Waals surface area contributed by atoms with Crippen LogP contribution in [0, 0.1) is 11.3 Å². The molecule has 0 spiro atoms. The smallest absolute Gasteiger partial charge is 0.167 e. The van der Waals surface area contributed by atoms with Gasteiger partial charge in [-0.25, -0.2) is 4.89 Å². The summed E-state index contributed by atoms with van der Waals surface area (Å²) in [4.78, 5) is 16.7. The summed E-state index contributed by atoms with van der Waals surface area (Å²) in [6.45, 7) is 13.0. The standard InChI is InChI=1S/C20H34O5/c1-7-18(4,22)11-8-14-19(5,16-10-13-20(14,6)24-16)12-9-15(21)17(2,3)25-23/h7,14,16,22-23H,1,8-13H2,2-6H3/t14?,16?,18-,19?,20?/m1/s1. The van der Waals surface area contributed by atoms with Gasteiger partial charge in [-0.15, -0.1) is 6.58 Å². The summed E-state index contributed by atoms with van der Waals surface area (Å²) in [5.74, 6) is 0.164. The van der Waals surface area contributed by atoms with E-state index in [0.29, 0.717) is 19.3 Å². The number of Topliss-reactive ketones (excluding diaryl/α,β-unsaturated/α-hetero) is 1. The third kappa shape index (κ3) is 3.85. The van der Waals surface area contributed by atoms with Crippen LogP contribution >= 0.6 is 0 Å². The molecule has 5 nitrogen and oxygen atoms in total. The first-order chi connectivity index (χ1) is 11.4. The average molecular weight is 354 g/mol. The summed E-state index contributed by atoms with van der Waals surface area (Å²) in [6, 6.07) is 0. The molecule has 5 heteroatoms.